The number of anilines is 2. The molecule has 0 spiro atoms. The van der Waals surface area contributed by atoms with Crippen LogP contribution in [0.2, 0.25) is 0 Å². The van der Waals surface area contributed by atoms with Crippen LogP contribution >= 0.6 is 12.6 Å². The van der Waals surface area contributed by atoms with E-state index in [1.54, 1.807) is 38.1 Å². The molecule has 0 radical (unpaired) electrons. The molecule has 0 fully saturated rings. The smallest absolute Gasteiger partial charge is 0.423 e. The van der Waals surface area contributed by atoms with E-state index < -0.39 is 29.8 Å². The molecule has 9 heteroatoms. The highest BCUT2D eigenvalue weighted by atomic mass is 32.1. The van der Waals surface area contributed by atoms with Crippen molar-refractivity contribution < 1.29 is 22.6 Å². The van der Waals surface area contributed by atoms with E-state index in [2.05, 4.69) is 27.9 Å². The summed E-state index contributed by atoms with van der Waals surface area (Å²) < 4.78 is 51.7. The zero-order valence-corrected chi connectivity index (χ0v) is 17.8. The van der Waals surface area contributed by atoms with Crippen molar-refractivity contribution in [3.63, 3.8) is 0 Å². The minimum Gasteiger partial charge on any atom is -0.471 e. The fourth-order valence-electron chi connectivity index (χ4n) is 2.59. The standard InChI is InChI=1S/C22H22F3N3O2S/c1-14(29-13-16-6-4-3-5-7-16)15(2)30-20-19(22(23,24)25)12-26-21(28-20)27-17-8-10-18(31)11-9-17/h3-12,14-15,31H,13H2,1-2H3,(H,26,27,28)/t14-,15-/m1/s1. The van der Waals surface area contributed by atoms with Crippen LogP contribution in [-0.2, 0) is 17.5 Å². The van der Waals surface area contributed by atoms with E-state index in [0.717, 1.165) is 10.5 Å². The van der Waals surface area contributed by atoms with Gasteiger partial charge in [0.05, 0.1) is 12.7 Å². The second-order valence-corrected chi connectivity index (χ2v) is 7.42. The number of alkyl halides is 3. The Balaban J connectivity index is 1.74. The molecule has 31 heavy (non-hydrogen) atoms. The van der Waals surface area contributed by atoms with Crippen LogP contribution in [0.25, 0.3) is 0 Å². The highest BCUT2D eigenvalue weighted by Gasteiger charge is 2.37. The molecule has 5 nitrogen and oxygen atoms in total. The number of nitrogens with zero attached hydrogens (tertiary/aromatic N) is 2. The largest absolute Gasteiger partial charge is 0.471 e. The van der Waals surface area contributed by atoms with E-state index in [1.165, 1.54) is 0 Å². The van der Waals surface area contributed by atoms with E-state index in [-0.39, 0.29) is 5.95 Å². The number of halogens is 3. The van der Waals surface area contributed by atoms with Crippen LogP contribution in [0, 0.1) is 0 Å². The average Bonchev–Trinajstić information content (AvgIpc) is 2.73. The molecular weight excluding hydrogens is 427 g/mol. The van der Waals surface area contributed by atoms with Crippen LogP contribution in [-0.4, -0.2) is 22.2 Å². The minimum atomic E-state index is -4.66. The highest BCUT2D eigenvalue weighted by Crippen LogP contribution is 2.36. The molecule has 3 aromatic rings. The van der Waals surface area contributed by atoms with Gasteiger partial charge in [0.2, 0.25) is 11.8 Å². The summed E-state index contributed by atoms with van der Waals surface area (Å²) >= 11 is 4.20. The van der Waals surface area contributed by atoms with Gasteiger partial charge in [-0.15, -0.1) is 12.6 Å². The Labute approximate surface area is 184 Å². The van der Waals surface area contributed by atoms with Crippen LogP contribution in [0.1, 0.15) is 25.0 Å². The van der Waals surface area contributed by atoms with Gasteiger partial charge in [0.25, 0.3) is 0 Å². The Hall–Kier alpha value is -2.78. The third kappa shape index (κ3) is 6.60. The molecule has 3 rings (SSSR count). The van der Waals surface area contributed by atoms with Gasteiger partial charge in [-0.3, -0.25) is 0 Å². The van der Waals surface area contributed by atoms with Crippen LogP contribution < -0.4 is 10.1 Å². The maximum atomic E-state index is 13.5. The van der Waals surface area contributed by atoms with Gasteiger partial charge in [-0.2, -0.15) is 18.2 Å². The Bertz CT molecular complexity index is 986. The fraction of sp³-hybridized carbons (Fsp3) is 0.273. The summed E-state index contributed by atoms with van der Waals surface area (Å²) in [5, 5.41) is 2.86. The molecule has 2 atom stereocenters. The first kappa shape index (κ1) is 22.9. The van der Waals surface area contributed by atoms with Crippen LogP contribution in [0.5, 0.6) is 5.88 Å². The maximum Gasteiger partial charge on any atom is 0.423 e. The fourth-order valence-corrected chi connectivity index (χ4v) is 2.74. The lowest BCUT2D eigenvalue weighted by Gasteiger charge is -2.23. The van der Waals surface area contributed by atoms with Crippen molar-refractivity contribution >= 4 is 24.3 Å². The summed E-state index contributed by atoms with van der Waals surface area (Å²) in [6.45, 7) is 3.69. The SMILES string of the molecule is C[C@@H](OCc1ccccc1)[C@@H](C)Oc1nc(Nc2ccc(S)cc2)ncc1C(F)(F)F. The van der Waals surface area contributed by atoms with Gasteiger partial charge < -0.3 is 14.8 Å². The average molecular weight is 449 g/mol. The summed E-state index contributed by atoms with van der Waals surface area (Å²) in [6, 6.07) is 16.4. The quantitative estimate of drug-likeness (QED) is 0.420. The van der Waals surface area contributed by atoms with Crippen molar-refractivity contribution in [2.24, 2.45) is 0 Å². The molecule has 0 aliphatic heterocycles. The lowest BCUT2D eigenvalue weighted by molar-refractivity contribution is -0.140. The number of thiol groups is 1. The first-order valence-electron chi connectivity index (χ1n) is 9.55. The third-order valence-electron chi connectivity index (χ3n) is 4.50. The predicted molar refractivity (Wildman–Crippen MR) is 115 cm³/mol. The minimum absolute atomic E-state index is 0.0139. The van der Waals surface area contributed by atoms with Gasteiger partial charge in [-0.25, -0.2) is 4.98 Å². The zero-order valence-electron chi connectivity index (χ0n) is 16.9. The monoisotopic (exact) mass is 449 g/mol. The molecule has 0 saturated heterocycles. The molecule has 164 valence electrons. The number of aromatic nitrogens is 2. The normalized spacial score (nSPS) is 13.5. The summed E-state index contributed by atoms with van der Waals surface area (Å²) in [5.74, 6) is -0.571. The molecule has 0 amide bonds. The third-order valence-corrected chi connectivity index (χ3v) is 4.80. The molecule has 1 N–H and O–H groups in total. The van der Waals surface area contributed by atoms with Crippen molar-refractivity contribution in [1.82, 2.24) is 9.97 Å². The maximum absolute atomic E-state index is 13.5. The van der Waals surface area contributed by atoms with Gasteiger partial charge in [0.15, 0.2) is 0 Å². The molecule has 0 unspecified atom stereocenters. The first-order chi connectivity index (χ1) is 14.7. The molecule has 0 bridgehead atoms. The van der Waals surface area contributed by atoms with Gasteiger partial charge in [-0.1, -0.05) is 30.3 Å². The van der Waals surface area contributed by atoms with Crippen molar-refractivity contribution in [2.45, 2.75) is 43.7 Å². The van der Waals surface area contributed by atoms with E-state index in [4.69, 9.17) is 9.47 Å². The topological polar surface area (TPSA) is 56.3 Å². The van der Waals surface area contributed by atoms with Crippen LogP contribution in [0.4, 0.5) is 24.8 Å². The molecule has 0 aliphatic rings. The molecule has 1 aromatic heterocycles. The number of rotatable bonds is 8. The summed E-state index contributed by atoms with van der Waals surface area (Å²) in [5.41, 5.74) is 0.514. The molecule has 0 saturated carbocycles. The van der Waals surface area contributed by atoms with Gasteiger partial charge in [-0.05, 0) is 43.7 Å². The molecular formula is C22H22F3N3O2S. The predicted octanol–water partition coefficient (Wildman–Crippen LogP) is 5.90. The van der Waals surface area contributed by atoms with E-state index in [1.807, 2.05) is 30.3 Å². The summed E-state index contributed by atoms with van der Waals surface area (Å²) in [6.07, 6.45) is -5.11. The number of hydrogen-bond donors (Lipinski definition) is 2. The molecule has 0 aliphatic carbocycles. The summed E-state index contributed by atoms with van der Waals surface area (Å²) in [4.78, 5) is 8.49. The number of benzene rings is 2. The van der Waals surface area contributed by atoms with Crippen molar-refractivity contribution in [3.8, 4) is 5.88 Å². The first-order valence-corrected chi connectivity index (χ1v) is 9.99. The van der Waals surface area contributed by atoms with Gasteiger partial charge in [0, 0.05) is 16.8 Å². The number of nitrogens with one attached hydrogen (secondary N) is 1. The van der Waals surface area contributed by atoms with Crippen molar-refractivity contribution in [1.29, 1.82) is 0 Å². The lowest BCUT2D eigenvalue weighted by atomic mass is 10.2. The lowest BCUT2D eigenvalue weighted by Crippen LogP contribution is -2.30. The van der Waals surface area contributed by atoms with Crippen molar-refractivity contribution in [2.75, 3.05) is 5.32 Å². The van der Waals surface area contributed by atoms with E-state index >= 15 is 0 Å². The van der Waals surface area contributed by atoms with Gasteiger partial charge >= 0.3 is 6.18 Å². The second-order valence-electron chi connectivity index (χ2n) is 6.91. The Morgan fingerprint density at radius 3 is 2.32 bits per heavy atom. The number of hydrogen-bond acceptors (Lipinski definition) is 6. The summed E-state index contributed by atoms with van der Waals surface area (Å²) in [7, 11) is 0. The van der Waals surface area contributed by atoms with Crippen molar-refractivity contribution in [3.05, 3.63) is 71.9 Å². The Kier molecular flexibility index (Phi) is 7.40. The zero-order chi connectivity index (χ0) is 22.4. The Morgan fingerprint density at radius 1 is 1.00 bits per heavy atom. The van der Waals surface area contributed by atoms with E-state index in [0.29, 0.717) is 18.5 Å². The molecule has 2 aromatic carbocycles. The van der Waals surface area contributed by atoms with E-state index in [9.17, 15) is 13.2 Å². The Morgan fingerprint density at radius 2 is 1.68 bits per heavy atom. The molecule has 1 heterocycles. The van der Waals surface area contributed by atoms with Gasteiger partial charge in [0.1, 0.15) is 11.7 Å². The van der Waals surface area contributed by atoms with Crippen LogP contribution in [0.15, 0.2) is 65.7 Å². The van der Waals surface area contributed by atoms with Crippen LogP contribution in [0.3, 0.4) is 0 Å². The highest BCUT2D eigenvalue weighted by molar-refractivity contribution is 7.80. The second kappa shape index (κ2) is 10.0. The number of ether oxygens (including phenoxy) is 2.